The van der Waals surface area contributed by atoms with E-state index in [0.717, 1.165) is 17.7 Å². The van der Waals surface area contributed by atoms with E-state index < -0.39 is 0 Å². The predicted molar refractivity (Wildman–Crippen MR) is 107 cm³/mol. The Kier molecular flexibility index (Phi) is 6.34. The lowest BCUT2D eigenvalue weighted by atomic mass is 10.1. The molecule has 3 rings (SSSR count). The van der Waals surface area contributed by atoms with Crippen LogP contribution in [-0.4, -0.2) is 21.0 Å². The van der Waals surface area contributed by atoms with Gasteiger partial charge in [0.2, 0.25) is 11.8 Å². The van der Waals surface area contributed by atoms with E-state index in [1.165, 1.54) is 16.9 Å². The third-order valence-electron chi connectivity index (χ3n) is 4.20. The highest BCUT2D eigenvalue weighted by Crippen LogP contribution is 2.25. The summed E-state index contributed by atoms with van der Waals surface area (Å²) in [5, 5.41) is 9.38. The van der Waals surface area contributed by atoms with Crippen LogP contribution < -0.4 is 5.32 Å². The molecule has 0 saturated carbocycles. The summed E-state index contributed by atoms with van der Waals surface area (Å²) < 4.78 is 5.19. The molecule has 2 heterocycles. The molecule has 0 unspecified atom stereocenters. The largest absolute Gasteiger partial charge is 0.339 e. The van der Waals surface area contributed by atoms with Gasteiger partial charge in [0.25, 0.3) is 0 Å². The van der Waals surface area contributed by atoms with Crippen LogP contribution in [0.25, 0.3) is 11.3 Å². The number of nitrogens with zero attached hydrogens (tertiary/aromatic N) is 3. The topological polar surface area (TPSA) is 80.9 Å². The van der Waals surface area contributed by atoms with Crippen molar-refractivity contribution in [2.24, 2.45) is 0 Å². The second-order valence-electron chi connectivity index (χ2n) is 6.69. The van der Waals surface area contributed by atoms with Crippen molar-refractivity contribution in [3.8, 4) is 11.3 Å². The van der Waals surface area contributed by atoms with Crippen LogP contribution in [0.15, 0.2) is 34.2 Å². The van der Waals surface area contributed by atoms with Gasteiger partial charge in [-0.25, -0.2) is 4.98 Å². The lowest BCUT2D eigenvalue weighted by molar-refractivity contribution is -0.116. The van der Waals surface area contributed by atoms with Gasteiger partial charge in [0.15, 0.2) is 11.0 Å². The zero-order chi connectivity index (χ0) is 19.2. The summed E-state index contributed by atoms with van der Waals surface area (Å²) in [6.45, 7) is 6.16. The summed E-state index contributed by atoms with van der Waals surface area (Å²) in [5.74, 6) is 1.47. The van der Waals surface area contributed by atoms with Crippen LogP contribution in [0.2, 0.25) is 0 Å². The Morgan fingerprint density at radius 1 is 1.22 bits per heavy atom. The van der Waals surface area contributed by atoms with Crippen LogP contribution in [0.4, 0.5) is 5.13 Å². The highest BCUT2D eigenvalue weighted by Gasteiger charge is 2.11. The van der Waals surface area contributed by atoms with Crippen molar-refractivity contribution in [3.05, 3.63) is 46.9 Å². The summed E-state index contributed by atoms with van der Waals surface area (Å²) >= 11 is 1.44. The van der Waals surface area contributed by atoms with Crippen LogP contribution in [0, 0.1) is 0 Å². The van der Waals surface area contributed by atoms with Crippen molar-refractivity contribution < 1.29 is 9.32 Å². The predicted octanol–water partition coefficient (Wildman–Crippen LogP) is 4.84. The van der Waals surface area contributed by atoms with Crippen molar-refractivity contribution in [2.75, 3.05) is 5.32 Å². The second-order valence-corrected chi connectivity index (χ2v) is 7.55. The van der Waals surface area contributed by atoms with Gasteiger partial charge in [0, 0.05) is 29.7 Å². The van der Waals surface area contributed by atoms with Crippen LogP contribution in [0.1, 0.15) is 56.8 Å². The van der Waals surface area contributed by atoms with E-state index >= 15 is 0 Å². The van der Waals surface area contributed by atoms with Gasteiger partial charge in [-0.05, 0) is 18.4 Å². The van der Waals surface area contributed by atoms with E-state index in [-0.39, 0.29) is 11.8 Å². The van der Waals surface area contributed by atoms with Gasteiger partial charge in [-0.1, -0.05) is 50.2 Å². The maximum Gasteiger partial charge on any atom is 0.226 e. The number of hydrogen-bond donors (Lipinski definition) is 1. The lowest BCUT2D eigenvalue weighted by Gasteiger charge is -2.01. The Bertz CT molecular complexity index is 884. The van der Waals surface area contributed by atoms with Gasteiger partial charge in [-0.3, -0.25) is 4.79 Å². The summed E-state index contributed by atoms with van der Waals surface area (Å²) in [6, 6.07) is 8.34. The molecule has 6 nitrogen and oxygen atoms in total. The van der Waals surface area contributed by atoms with Crippen molar-refractivity contribution in [3.63, 3.8) is 0 Å². The highest BCUT2D eigenvalue weighted by molar-refractivity contribution is 7.14. The fraction of sp³-hybridized carbons (Fsp3) is 0.400. The van der Waals surface area contributed by atoms with E-state index in [4.69, 9.17) is 4.52 Å². The molecule has 0 spiro atoms. The molecule has 0 aliphatic heterocycles. The number of amides is 1. The average Bonchev–Trinajstić information content (AvgIpc) is 3.31. The van der Waals surface area contributed by atoms with E-state index in [1.54, 1.807) is 0 Å². The highest BCUT2D eigenvalue weighted by atomic mass is 32.1. The number of thiazole rings is 1. The average molecular weight is 385 g/mol. The molecule has 0 radical (unpaired) electrons. The fourth-order valence-electron chi connectivity index (χ4n) is 2.56. The molecule has 1 amide bonds. The first-order valence-corrected chi connectivity index (χ1v) is 10.1. The van der Waals surface area contributed by atoms with Crippen molar-refractivity contribution >= 4 is 22.4 Å². The molecule has 7 heteroatoms. The third-order valence-corrected chi connectivity index (χ3v) is 4.96. The van der Waals surface area contributed by atoms with Crippen molar-refractivity contribution in [1.82, 2.24) is 15.1 Å². The number of aryl methyl sites for hydroxylation is 2. The van der Waals surface area contributed by atoms with E-state index in [0.29, 0.717) is 36.1 Å². The van der Waals surface area contributed by atoms with Crippen molar-refractivity contribution in [1.29, 1.82) is 0 Å². The minimum atomic E-state index is -0.0548. The number of anilines is 1. The molecule has 142 valence electrons. The normalized spacial score (nSPS) is 11.1. The van der Waals surface area contributed by atoms with Gasteiger partial charge >= 0.3 is 0 Å². The molecule has 0 fully saturated rings. The maximum atomic E-state index is 12.1. The standard InChI is InChI=1S/C20H24N4O2S/c1-4-14-8-10-15(11-9-14)16-12-27-20(21-16)22-17(25)6-5-7-18-23-19(13(2)3)24-26-18/h8-13H,4-7H2,1-3H3,(H,21,22,25). The summed E-state index contributed by atoms with van der Waals surface area (Å²) in [7, 11) is 0. The Morgan fingerprint density at radius 3 is 2.67 bits per heavy atom. The first-order valence-electron chi connectivity index (χ1n) is 9.22. The SMILES string of the molecule is CCc1ccc(-c2csc(NC(=O)CCCc3nc(C(C)C)no3)n2)cc1. The zero-order valence-electron chi connectivity index (χ0n) is 15.9. The maximum absolute atomic E-state index is 12.1. The minimum Gasteiger partial charge on any atom is -0.339 e. The number of carbonyl (C=O) groups is 1. The zero-order valence-corrected chi connectivity index (χ0v) is 16.7. The Labute approximate surface area is 163 Å². The van der Waals surface area contributed by atoms with Gasteiger partial charge in [-0.2, -0.15) is 4.98 Å². The van der Waals surface area contributed by atoms with E-state index in [2.05, 4.69) is 51.6 Å². The molecule has 0 aliphatic rings. The summed E-state index contributed by atoms with van der Waals surface area (Å²) in [4.78, 5) is 21.0. The van der Waals surface area contributed by atoms with Gasteiger partial charge in [0.05, 0.1) is 5.69 Å². The molecular formula is C20H24N4O2S. The molecule has 27 heavy (non-hydrogen) atoms. The quantitative estimate of drug-likeness (QED) is 0.601. The number of hydrogen-bond acceptors (Lipinski definition) is 6. The number of nitrogens with one attached hydrogen (secondary N) is 1. The molecule has 1 aromatic carbocycles. The third kappa shape index (κ3) is 5.23. The molecule has 3 aromatic rings. The van der Waals surface area contributed by atoms with E-state index in [1.807, 2.05) is 19.2 Å². The van der Waals surface area contributed by atoms with Gasteiger partial charge in [0.1, 0.15) is 0 Å². The number of aromatic nitrogens is 3. The van der Waals surface area contributed by atoms with Crippen LogP contribution in [0.5, 0.6) is 0 Å². The number of benzene rings is 1. The molecule has 1 N–H and O–H groups in total. The molecular weight excluding hydrogens is 360 g/mol. The number of carbonyl (C=O) groups excluding carboxylic acids is 1. The molecule has 2 aromatic heterocycles. The van der Waals surface area contributed by atoms with Crippen LogP contribution >= 0.6 is 11.3 Å². The second kappa shape index (κ2) is 8.90. The van der Waals surface area contributed by atoms with Crippen LogP contribution in [0.3, 0.4) is 0 Å². The molecule has 0 aliphatic carbocycles. The fourth-order valence-corrected chi connectivity index (χ4v) is 3.30. The monoisotopic (exact) mass is 384 g/mol. The summed E-state index contributed by atoms with van der Waals surface area (Å²) in [6.07, 6.45) is 2.66. The molecule has 0 atom stereocenters. The van der Waals surface area contributed by atoms with E-state index in [9.17, 15) is 4.79 Å². The first kappa shape index (κ1) is 19.2. The Hall–Kier alpha value is -2.54. The Morgan fingerprint density at radius 2 is 2.00 bits per heavy atom. The Balaban J connectivity index is 1.48. The number of rotatable bonds is 8. The van der Waals surface area contributed by atoms with Gasteiger partial charge in [-0.15, -0.1) is 11.3 Å². The molecule has 0 bridgehead atoms. The first-order chi connectivity index (χ1) is 13.0. The van der Waals surface area contributed by atoms with Crippen LogP contribution in [-0.2, 0) is 17.6 Å². The van der Waals surface area contributed by atoms with Gasteiger partial charge < -0.3 is 9.84 Å². The molecule has 0 saturated heterocycles. The minimum absolute atomic E-state index is 0.0548. The summed E-state index contributed by atoms with van der Waals surface area (Å²) in [5.41, 5.74) is 3.23. The smallest absolute Gasteiger partial charge is 0.226 e. The lowest BCUT2D eigenvalue weighted by Crippen LogP contribution is -2.11. The van der Waals surface area contributed by atoms with Crippen molar-refractivity contribution in [2.45, 2.75) is 52.4 Å².